The van der Waals surface area contributed by atoms with E-state index in [1.807, 2.05) is 31.2 Å². The van der Waals surface area contributed by atoms with Crippen molar-refractivity contribution in [3.63, 3.8) is 0 Å². The van der Waals surface area contributed by atoms with Gasteiger partial charge < -0.3 is 10.1 Å². The molecule has 1 amide bonds. The van der Waals surface area contributed by atoms with E-state index in [-0.39, 0.29) is 11.7 Å². The fraction of sp³-hybridized carbons (Fsp3) is 0.316. The van der Waals surface area contributed by atoms with Crippen LogP contribution in [0.1, 0.15) is 25.5 Å². The van der Waals surface area contributed by atoms with E-state index in [4.69, 9.17) is 4.74 Å². The smallest absolute Gasteiger partial charge is 0.241 e. The highest BCUT2D eigenvalue weighted by molar-refractivity contribution is 7.92. The number of anilines is 1. The predicted octanol–water partition coefficient (Wildman–Crippen LogP) is 2.87. The molecule has 0 aliphatic rings. The van der Waals surface area contributed by atoms with Crippen LogP contribution in [0.3, 0.4) is 0 Å². The van der Waals surface area contributed by atoms with Crippen molar-refractivity contribution in [3.05, 3.63) is 59.9 Å². The minimum absolute atomic E-state index is 0.225. The second kappa shape index (κ2) is 8.85. The molecule has 0 radical (unpaired) electrons. The van der Waals surface area contributed by atoms with E-state index in [2.05, 4.69) is 5.32 Å². The maximum atomic E-state index is 13.1. The molecule has 1 atom stereocenters. The molecule has 27 heavy (non-hydrogen) atoms. The number of halogens is 1. The van der Waals surface area contributed by atoms with E-state index >= 15 is 0 Å². The molecule has 1 N–H and O–H groups in total. The molecular weight excluding hydrogens is 371 g/mol. The zero-order chi connectivity index (χ0) is 20.0. The molecule has 0 unspecified atom stereocenters. The van der Waals surface area contributed by atoms with Gasteiger partial charge in [-0.05, 0) is 55.8 Å². The Kier molecular flexibility index (Phi) is 6.79. The summed E-state index contributed by atoms with van der Waals surface area (Å²) in [7, 11) is -3.70. The van der Waals surface area contributed by atoms with Crippen LogP contribution >= 0.6 is 0 Å². The molecular formula is C19H23FN2O4S. The molecule has 0 aliphatic carbocycles. The van der Waals surface area contributed by atoms with Crippen molar-refractivity contribution in [3.8, 4) is 5.75 Å². The van der Waals surface area contributed by atoms with Gasteiger partial charge in [0.25, 0.3) is 0 Å². The highest BCUT2D eigenvalue weighted by Crippen LogP contribution is 2.19. The first-order valence-corrected chi connectivity index (χ1v) is 10.3. The van der Waals surface area contributed by atoms with Gasteiger partial charge in [-0.1, -0.05) is 12.1 Å². The number of sulfonamides is 1. The van der Waals surface area contributed by atoms with Crippen LogP contribution in [0, 0.1) is 5.82 Å². The highest BCUT2D eigenvalue weighted by Gasteiger charge is 2.22. The molecule has 0 saturated carbocycles. The summed E-state index contributed by atoms with van der Waals surface area (Å²) in [6, 6.07) is 11.9. The standard InChI is InChI=1S/C19H23FN2O4S/c1-4-26-18-11-5-15(6-12-18)14(2)21-19(23)13-22(27(3,24)25)17-9-7-16(20)8-10-17/h5-12,14H,4,13H2,1-3H3,(H,21,23)/t14-/m1/s1. The molecule has 0 heterocycles. The normalized spacial score (nSPS) is 12.3. The van der Waals surface area contributed by atoms with Gasteiger partial charge in [0.15, 0.2) is 0 Å². The molecule has 146 valence electrons. The zero-order valence-corrected chi connectivity index (χ0v) is 16.3. The third-order valence-corrected chi connectivity index (χ3v) is 5.01. The molecule has 0 fully saturated rings. The zero-order valence-electron chi connectivity index (χ0n) is 15.5. The van der Waals surface area contributed by atoms with Gasteiger partial charge in [0.1, 0.15) is 18.1 Å². The monoisotopic (exact) mass is 394 g/mol. The SMILES string of the molecule is CCOc1ccc([C@@H](C)NC(=O)CN(c2ccc(F)cc2)S(C)(=O)=O)cc1. The van der Waals surface area contributed by atoms with E-state index < -0.39 is 28.3 Å². The van der Waals surface area contributed by atoms with Gasteiger partial charge in [-0.15, -0.1) is 0 Å². The number of rotatable bonds is 8. The first kappa shape index (κ1) is 20.7. The van der Waals surface area contributed by atoms with E-state index in [0.29, 0.717) is 6.61 Å². The number of hydrogen-bond donors (Lipinski definition) is 1. The van der Waals surface area contributed by atoms with Gasteiger partial charge in [-0.3, -0.25) is 9.10 Å². The number of carbonyl (C=O) groups is 1. The molecule has 0 bridgehead atoms. The lowest BCUT2D eigenvalue weighted by Crippen LogP contribution is -2.41. The molecule has 0 aliphatic heterocycles. The molecule has 0 spiro atoms. The van der Waals surface area contributed by atoms with Crippen molar-refractivity contribution in [2.45, 2.75) is 19.9 Å². The number of nitrogens with zero attached hydrogens (tertiary/aromatic N) is 1. The molecule has 8 heteroatoms. The third kappa shape index (κ3) is 5.96. The van der Waals surface area contributed by atoms with Crippen LogP contribution in [0.15, 0.2) is 48.5 Å². The summed E-state index contributed by atoms with van der Waals surface area (Å²) in [5, 5.41) is 2.77. The second-order valence-corrected chi connectivity index (χ2v) is 7.94. The maximum Gasteiger partial charge on any atom is 0.241 e. The van der Waals surface area contributed by atoms with Crippen LogP contribution in [0.5, 0.6) is 5.75 Å². The third-order valence-electron chi connectivity index (χ3n) is 3.87. The van der Waals surface area contributed by atoms with Gasteiger partial charge >= 0.3 is 0 Å². The Morgan fingerprint density at radius 1 is 1.15 bits per heavy atom. The Bertz CT molecular complexity index is 868. The van der Waals surface area contributed by atoms with Gasteiger partial charge in [0.05, 0.1) is 24.6 Å². The van der Waals surface area contributed by atoms with E-state index in [9.17, 15) is 17.6 Å². The van der Waals surface area contributed by atoms with Gasteiger partial charge in [0.2, 0.25) is 15.9 Å². The average molecular weight is 394 g/mol. The topological polar surface area (TPSA) is 75.7 Å². The highest BCUT2D eigenvalue weighted by atomic mass is 32.2. The van der Waals surface area contributed by atoms with Crippen LogP contribution in [0.4, 0.5) is 10.1 Å². The summed E-state index contributed by atoms with van der Waals surface area (Å²) in [6.07, 6.45) is 1.000. The van der Waals surface area contributed by atoms with Crippen molar-refractivity contribution in [1.29, 1.82) is 0 Å². The lowest BCUT2D eigenvalue weighted by atomic mass is 10.1. The summed E-state index contributed by atoms with van der Waals surface area (Å²) in [5.74, 6) is -0.216. The minimum atomic E-state index is -3.70. The Hall–Kier alpha value is -2.61. The summed E-state index contributed by atoms with van der Waals surface area (Å²) >= 11 is 0. The van der Waals surface area contributed by atoms with E-state index in [1.165, 1.54) is 12.1 Å². The first-order chi connectivity index (χ1) is 12.7. The molecule has 2 rings (SSSR count). The quantitative estimate of drug-likeness (QED) is 0.747. The van der Waals surface area contributed by atoms with Crippen molar-refractivity contribution in [1.82, 2.24) is 5.32 Å². The second-order valence-electron chi connectivity index (χ2n) is 6.04. The molecule has 0 saturated heterocycles. The van der Waals surface area contributed by atoms with Crippen LogP contribution in [-0.2, 0) is 14.8 Å². The van der Waals surface area contributed by atoms with Gasteiger partial charge in [0, 0.05) is 0 Å². The Morgan fingerprint density at radius 3 is 2.26 bits per heavy atom. The summed E-state index contributed by atoms with van der Waals surface area (Å²) in [5.41, 5.74) is 1.09. The number of carbonyl (C=O) groups excluding carboxylic acids is 1. The Balaban J connectivity index is 2.07. The Morgan fingerprint density at radius 2 is 1.74 bits per heavy atom. The lowest BCUT2D eigenvalue weighted by molar-refractivity contribution is -0.120. The van der Waals surface area contributed by atoms with Crippen LogP contribution < -0.4 is 14.4 Å². The number of benzene rings is 2. The van der Waals surface area contributed by atoms with Crippen LogP contribution in [0.25, 0.3) is 0 Å². The van der Waals surface area contributed by atoms with E-state index in [0.717, 1.165) is 34.0 Å². The fourth-order valence-corrected chi connectivity index (χ4v) is 3.38. The largest absolute Gasteiger partial charge is 0.494 e. The number of hydrogen-bond acceptors (Lipinski definition) is 4. The molecule has 0 aromatic heterocycles. The van der Waals surface area contributed by atoms with Crippen molar-refractivity contribution < 1.29 is 22.3 Å². The average Bonchev–Trinajstić information content (AvgIpc) is 2.60. The minimum Gasteiger partial charge on any atom is -0.494 e. The van der Waals surface area contributed by atoms with Gasteiger partial charge in [-0.25, -0.2) is 12.8 Å². The summed E-state index contributed by atoms with van der Waals surface area (Å²) in [4.78, 5) is 12.4. The van der Waals surface area contributed by atoms with Crippen molar-refractivity contribution >= 4 is 21.6 Å². The molecule has 2 aromatic carbocycles. The Labute approximate surface area is 159 Å². The van der Waals surface area contributed by atoms with Crippen LogP contribution in [0.2, 0.25) is 0 Å². The van der Waals surface area contributed by atoms with Crippen molar-refractivity contribution in [2.24, 2.45) is 0 Å². The lowest BCUT2D eigenvalue weighted by Gasteiger charge is -2.23. The first-order valence-electron chi connectivity index (χ1n) is 8.46. The summed E-state index contributed by atoms with van der Waals surface area (Å²) in [6.45, 7) is 3.86. The summed E-state index contributed by atoms with van der Waals surface area (Å²) < 4.78 is 43.5. The van der Waals surface area contributed by atoms with Crippen LogP contribution in [-0.4, -0.2) is 33.7 Å². The molecule has 6 nitrogen and oxygen atoms in total. The number of nitrogens with one attached hydrogen (secondary N) is 1. The van der Waals surface area contributed by atoms with Gasteiger partial charge in [-0.2, -0.15) is 0 Å². The van der Waals surface area contributed by atoms with E-state index in [1.54, 1.807) is 6.92 Å². The fourth-order valence-electron chi connectivity index (χ4n) is 2.53. The molecule has 2 aromatic rings. The van der Waals surface area contributed by atoms with Crippen molar-refractivity contribution in [2.75, 3.05) is 23.7 Å². The number of amides is 1. The predicted molar refractivity (Wildman–Crippen MR) is 103 cm³/mol. The maximum absolute atomic E-state index is 13.1. The number of ether oxygens (including phenoxy) is 1.